The average molecular weight is 580 g/mol. The molecule has 3 aromatic carbocycles. The predicted octanol–water partition coefficient (Wildman–Crippen LogP) is 5.45. The summed E-state index contributed by atoms with van der Waals surface area (Å²) in [4.78, 5) is 19.5. The first kappa shape index (κ1) is 23.3. The molecule has 180 valence electrons. The Morgan fingerprint density at radius 2 is 1.94 bits per heavy atom. The molecule has 0 bridgehead atoms. The van der Waals surface area contributed by atoms with Gasteiger partial charge in [0.2, 0.25) is 0 Å². The number of methoxy groups -OCH3 is 1. The fourth-order valence-corrected chi connectivity index (χ4v) is 6.68. The number of benzene rings is 3. The fourth-order valence-electron chi connectivity index (χ4n) is 5.00. The van der Waals surface area contributed by atoms with Crippen LogP contribution in [0.5, 0.6) is 11.5 Å². The summed E-state index contributed by atoms with van der Waals surface area (Å²) in [5.74, 6) is 0.298. The second kappa shape index (κ2) is 9.07. The van der Waals surface area contributed by atoms with E-state index in [-0.39, 0.29) is 17.4 Å². The van der Waals surface area contributed by atoms with E-state index < -0.39 is 0 Å². The first-order valence-corrected chi connectivity index (χ1v) is 13.4. The molecular weight excluding hydrogens is 560 g/mol. The summed E-state index contributed by atoms with van der Waals surface area (Å²) in [6.45, 7) is 0. The van der Waals surface area contributed by atoms with Crippen LogP contribution < -0.4 is 19.6 Å². The number of phenols is 1. The van der Waals surface area contributed by atoms with Gasteiger partial charge in [-0.15, -0.1) is 0 Å². The summed E-state index contributed by atoms with van der Waals surface area (Å²) in [5.41, 5.74) is 5.54. The quantitative estimate of drug-likeness (QED) is 0.351. The molecule has 1 aliphatic heterocycles. The lowest BCUT2D eigenvalue weighted by atomic mass is 9.83. The zero-order chi connectivity index (χ0) is 25.0. The Balaban J connectivity index is 1.64. The zero-order valence-corrected chi connectivity index (χ0v) is 22.3. The summed E-state index contributed by atoms with van der Waals surface area (Å²) < 4.78 is 8.23. The topological polar surface area (TPSA) is 63.8 Å². The Kier molecular flexibility index (Phi) is 5.86. The third-order valence-electron chi connectivity index (χ3n) is 6.65. The number of halogens is 2. The van der Waals surface area contributed by atoms with Crippen molar-refractivity contribution in [2.75, 3.05) is 7.11 Å². The molecule has 2 heterocycles. The maximum Gasteiger partial charge on any atom is 0.271 e. The molecule has 4 aromatic rings. The van der Waals surface area contributed by atoms with Crippen molar-refractivity contribution in [1.29, 1.82) is 0 Å². The second-order valence-electron chi connectivity index (χ2n) is 8.68. The van der Waals surface area contributed by atoms with Crippen LogP contribution in [-0.4, -0.2) is 16.8 Å². The molecule has 5 nitrogen and oxygen atoms in total. The van der Waals surface area contributed by atoms with Crippen molar-refractivity contribution in [2.24, 2.45) is 4.99 Å². The molecule has 0 saturated carbocycles. The van der Waals surface area contributed by atoms with E-state index in [1.165, 1.54) is 24.0 Å². The lowest BCUT2D eigenvalue weighted by molar-refractivity contribution is 0.372. The van der Waals surface area contributed by atoms with Gasteiger partial charge in [0, 0.05) is 20.6 Å². The van der Waals surface area contributed by atoms with Crippen LogP contribution in [0.4, 0.5) is 0 Å². The number of nitrogens with zero attached hydrogens (tertiary/aromatic N) is 2. The average Bonchev–Trinajstić information content (AvgIpc) is 3.19. The Morgan fingerprint density at radius 3 is 2.75 bits per heavy atom. The minimum atomic E-state index is -0.355. The van der Waals surface area contributed by atoms with Crippen molar-refractivity contribution >= 4 is 50.6 Å². The summed E-state index contributed by atoms with van der Waals surface area (Å²) in [6, 6.07) is 19.0. The van der Waals surface area contributed by atoms with Crippen LogP contribution in [0.15, 0.2) is 80.5 Å². The summed E-state index contributed by atoms with van der Waals surface area (Å²) in [6.07, 6.45) is 3.35. The number of phenolic OH excluding ortho intramolecular Hbond substituents is 1. The molecule has 1 atom stereocenters. The number of hydrogen-bond donors (Lipinski definition) is 1. The minimum Gasteiger partial charge on any atom is -0.504 e. The number of aromatic hydroxyl groups is 1. The van der Waals surface area contributed by atoms with E-state index in [9.17, 15) is 9.90 Å². The second-order valence-corrected chi connectivity index (χ2v) is 11.0. The molecule has 6 rings (SSSR count). The van der Waals surface area contributed by atoms with Gasteiger partial charge in [-0.05, 0) is 53.8 Å². The number of allylic oxidation sites excluding steroid dienone is 1. The van der Waals surface area contributed by atoms with Gasteiger partial charge in [-0.3, -0.25) is 9.36 Å². The number of aryl methyl sites for hydroxylation is 1. The maximum atomic E-state index is 13.9. The van der Waals surface area contributed by atoms with E-state index >= 15 is 0 Å². The van der Waals surface area contributed by atoms with Gasteiger partial charge < -0.3 is 9.84 Å². The number of hydrogen-bond acceptors (Lipinski definition) is 5. The first-order valence-electron chi connectivity index (χ1n) is 11.4. The Labute approximate surface area is 224 Å². The molecule has 36 heavy (non-hydrogen) atoms. The van der Waals surface area contributed by atoms with Gasteiger partial charge in [-0.2, -0.15) is 0 Å². The number of aromatic nitrogens is 1. The Hall–Kier alpha value is -3.13. The highest BCUT2D eigenvalue weighted by atomic mass is 79.9. The molecule has 8 heteroatoms. The Bertz CT molecular complexity index is 1760. The van der Waals surface area contributed by atoms with Gasteiger partial charge in [0.25, 0.3) is 5.56 Å². The van der Waals surface area contributed by atoms with Crippen molar-refractivity contribution in [2.45, 2.75) is 18.9 Å². The van der Waals surface area contributed by atoms with E-state index in [1.807, 2.05) is 36.4 Å². The van der Waals surface area contributed by atoms with Crippen molar-refractivity contribution in [3.05, 3.63) is 118 Å². The number of thiazole rings is 1. The van der Waals surface area contributed by atoms with Crippen LogP contribution in [-0.2, 0) is 6.42 Å². The molecule has 1 N–H and O–H groups in total. The molecule has 1 aliphatic carbocycles. The lowest BCUT2D eigenvalue weighted by Gasteiger charge is -2.31. The minimum absolute atomic E-state index is 0.0255. The molecule has 1 unspecified atom stereocenters. The highest BCUT2D eigenvalue weighted by Crippen LogP contribution is 2.42. The molecule has 0 amide bonds. The third-order valence-corrected chi connectivity index (χ3v) is 8.43. The maximum absolute atomic E-state index is 13.9. The molecule has 1 aromatic heterocycles. The van der Waals surface area contributed by atoms with Crippen molar-refractivity contribution in [3.63, 3.8) is 0 Å². The summed E-state index contributed by atoms with van der Waals surface area (Å²) >= 11 is 11.4. The number of ether oxygens (including phenoxy) is 1. The predicted molar refractivity (Wildman–Crippen MR) is 147 cm³/mol. The smallest absolute Gasteiger partial charge is 0.271 e. The molecule has 0 radical (unpaired) electrons. The van der Waals surface area contributed by atoms with Crippen LogP contribution in [0.25, 0.3) is 11.8 Å². The van der Waals surface area contributed by atoms with Gasteiger partial charge in [0.1, 0.15) is 0 Å². The molecule has 2 aliphatic rings. The highest BCUT2D eigenvalue weighted by molar-refractivity contribution is 9.10. The summed E-state index contributed by atoms with van der Waals surface area (Å²) in [7, 11) is 1.49. The van der Waals surface area contributed by atoms with Gasteiger partial charge in [0.05, 0.1) is 23.4 Å². The van der Waals surface area contributed by atoms with Gasteiger partial charge in [-0.25, -0.2) is 4.99 Å². The van der Waals surface area contributed by atoms with E-state index in [1.54, 1.807) is 22.8 Å². The van der Waals surface area contributed by atoms with E-state index in [4.69, 9.17) is 21.3 Å². The standard InChI is InChI=1S/C28H20BrClN2O3S/c1-35-22-14-17(29)12-16(26(22)33)13-23-27(34)32-25(19-8-4-5-9-21(19)30)20-11-10-15-6-2-3-7-18(15)24(20)31-28(32)36-23/h2-9,12-14,25,33H,10-11H2,1H3. The van der Waals surface area contributed by atoms with E-state index in [2.05, 4.69) is 28.1 Å². The van der Waals surface area contributed by atoms with Crippen molar-refractivity contribution in [1.82, 2.24) is 4.57 Å². The highest BCUT2D eigenvalue weighted by Gasteiger charge is 2.33. The molecule has 0 fully saturated rings. The normalized spacial score (nSPS) is 16.8. The van der Waals surface area contributed by atoms with Crippen LogP contribution >= 0.6 is 38.9 Å². The van der Waals surface area contributed by atoms with E-state index in [0.29, 0.717) is 25.7 Å². The number of rotatable bonds is 3. The molecule has 0 saturated heterocycles. The first-order chi connectivity index (χ1) is 17.5. The monoisotopic (exact) mass is 578 g/mol. The van der Waals surface area contributed by atoms with Gasteiger partial charge >= 0.3 is 0 Å². The van der Waals surface area contributed by atoms with Crippen LogP contribution in [0, 0.1) is 0 Å². The van der Waals surface area contributed by atoms with Gasteiger partial charge in [0.15, 0.2) is 16.3 Å². The van der Waals surface area contributed by atoms with Crippen molar-refractivity contribution < 1.29 is 9.84 Å². The fraction of sp³-hybridized carbons (Fsp3) is 0.143. The van der Waals surface area contributed by atoms with Crippen LogP contribution in [0.2, 0.25) is 5.02 Å². The van der Waals surface area contributed by atoms with Crippen LogP contribution in [0.1, 0.15) is 34.7 Å². The van der Waals surface area contributed by atoms with Crippen LogP contribution in [0.3, 0.4) is 0 Å². The lowest BCUT2D eigenvalue weighted by Crippen LogP contribution is -2.38. The van der Waals surface area contributed by atoms with Crippen molar-refractivity contribution in [3.8, 4) is 11.5 Å². The van der Waals surface area contributed by atoms with E-state index in [0.717, 1.165) is 39.7 Å². The SMILES string of the molecule is COc1cc(Br)cc(C=c2sc3n(c2=O)C(c2ccccc2Cl)C2=C(N=3)c3ccccc3CC2)c1O. The molecular formula is C28H20BrClN2O3S. The Morgan fingerprint density at radius 1 is 1.17 bits per heavy atom. The largest absolute Gasteiger partial charge is 0.504 e. The number of fused-ring (bicyclic) bond motifs is 3. The van der Waals surface area contributed by atoms with Gasteiger partial charge in [-0.1, -0.05) is 81.3 Å². The third kappa shape index (κ3) is 3.74. The molecule has 0 spiro atoms. The summed E-state index contributed by atoms with van der Waals surface area (Å²) in [5, 5.41) is 11.3. The zero-order valence-electron chi connectivity index (χ0n) is 19.2.